The average molecular weight is 792 g/mol. The molecule has 0 N–H and O–H groups in total. The van der Waals surface area contributed by atoms with Crippen molar-refractivity contribution in [2.45, 2.75) is 5.41 Å². The molecule has 290 valence electrons. The highest BCUT2D eigenvalue weighted by Crippen LogP contribution is 2.63. The van der Waals surface area contributed by atoms with Crippen LogP contribution in [0.4, 0.5) is 0 Å². The lowest BCUT2D eigenvalue weighted by Crippen LogP contribution is -2.32. The first-order chi connectivity index (χ1) is 30.7. The summed E-state index contributed by atoms with van der Waals surface area (Å²) < 4.78 is 6.71. The van der Waals surface area contributed by atoms with Gasteiger partial charge in [-0.15, -0.1) is 0 Å². The first kappa shape index (κ1) is 35.7. The van der Waals surface area contributed by atoms with E-state index in [4.69, 9.17) is 19.7 Å². The van der Waals surface area contributed by atoms with Crippen LogP contribution in [0.2, 0.25) is 0 Å². The van der Waals surface area contributed by atoms with Gasteiger partial charge in [0.2, 0.25) is 0 Å². The van der Waals surface area contributed by atoms with Gasteiger partial charge in [0.05, 0.1) is 5.41 Å². The summed E-state index contributed by atoms with van der Waals surface area (Å²) in [6.07, 6.45) is 0. The lowest BCUT2D eigenvalue weighted by Gasteiger charge is -2.39. The third kappa shape index (κ3) is 5.72. The van der Waals surface area contributed by atoms with Gasteiger partial charge in [0.1, 0.15) is 11.5 Å². The molecular weight excluding hydrogens is 755 g/mol. The summed E-state index contributed by atoms with van der Waals surface area (Å²) in [5, 5.41) is 0. The lowest BCUT2D eigenvalue weighted by molar-refractivity contribution is 0.436. The third-order valence-corrected chi connectivity index (χ3v) is 12.4. The molecule has 0 unspecified atom stereocenters. The molecule has 2 aliphatic rings. The van der Waals surface area contributed by atoms with Crippen molar-refractivity contribution in [1.29, 1.82) is 0 Å². The number of para-hydroxylation sites is 2. The van der Waals surface area contributed by atoms with Crippen LogP contribution in [-0.2, 0) is 5.41 Å². The monoisotopic (exact) mass is 791 g/mol. The highest BCUT2D eigenvalue weighted by Gasteiger charge is 2.52. The van der Waals surface area contributed by atoms with Gasteiger partial charge in [0.25, 0.3) is 0 Å². The predicted octanol–water partition coefficient (Wildman–Crippen LogP) is 14.3. The van der Waals surface area contributed by atoms with Gasteiger partial charge in [-0.2, -0.15) is 0 Å². The van der Waals surface area contributed by atoms with E-state index in [-0.39, 0.29) is 0 Å². The SMILES string of the molecule is c1ccc(-c2ccc(-c3ccc(-c4ccc5c(c4)C4(c6ccccc6Oc6ccccc64)c4cccc(-c6nc(-c7ccccc7)nc(-c7ccccc7)n6)c4-5)cc3)cc2)cc1. The molecule has 4 heteroatoms. The molecule has 2 heterocycles. The van der Waals surface area contributed by atoms with Crippen molar-refractivity contribution in [3.05, 3.63) is 247 Å². The van der Waals surface area contributed by atoms with Crippen LogP contribution >= 0.6 is 0 Å². The number of ether oxygens (including phenoxy) is 1. The van der Waals surface area contributed by atoms with Crippen LogP contribution in [0.3, 0.4) is 0 Å². The first-order valence-electron chi connectivity index (χ1n) is 21.0. The van der Waals surface area contributed by atoms with E-state index in [1.54, 1.807) is 0 Å². The van der Waals surface area contributed by atoms with Gasteiger partial charge >= 0.3 is 0 Å². The van der Waals surface area contributed by atoms with Gasteiger partial charge in [-0.25, -0.2) is 15.0 Å². The molecule has 4 nitrogen and oxygen atoms in total. The Kier molecular flexibility index (Phi) is 8.36. The number of aromatic nitrogens is 3. The van der Waals surface area contributed by atoms with Gasteiger partial charge in [0.15, 0.2) is 17.5 Å². The molecule has 0 bridgehead atoms. The molecule has 10 aromatic rings. The Labute approximate surface area is 360 Å². The third-order valence-electron chi connectivity index (χ3n) is 12.4. The highest BCUT2D eigenvalue weighted by molar-refractivity contribution is 5.97. The molecular formula is C58H37N3O. The molecule has 0 fully saturated rings. The zero-order valence-electron chi connectivity index (χ0n) is 33.6. The molecule has 1 aliphatic heterocycles. The lowest BCUT2D eigenvalue weighted by atomic mass is 9.66. The molecule has 1 aromatic heterocycles. The fourth-order valence-electron chi connectivity index (χ4n) is 9.58. The maximum atomic E-state index is 6.71. The predicted molar refractivity (Wildman–Crippen MR) is 250 cm³/mol. The maximum Gasteiger partial charge on any atom is 0.164 e. The summed E-state index contributed by atoms with van der Waals surface area (Å²) in [6, 6.07) is 79.2. The Balaban J connectivity index is 1.05. The van der Waals surface area contributed by atoms with E-state index < -0.39 is 5.41 Å². The van der Waals surface area contributed by atoms with Crippen molar-refractivity contribution < 1.29 is 4.74 Å². The largest absolute Gasteiger partial charge is 0.457 e. The number of hydrogen-bond acceptors (Lipinski definition) is 4. The second-order valence-corrected chi connectivity index (χ2v) is 15.9. The van der Waals surface area contributed by atoms with Gasteiger partial charge in [-0.3, -0.25) is 0 Å². The summed E-state index contributed by atoms with van der Waals surface area (Å²) in [7, 11) is 0. The van der Waals surface area contributed by atoms with Crippen molar-refractivity contribution in [1.82, 2.24) is 15.0 Å². The Bertz CT molecular complexity index is 3190. The zero-order valence-corrected chi connectivity index (χ0v) is 33.6. The topological polar surface area (TPSA) is 47.9 Å². The van der Waals surface area contributed by atoms with E-state index in [0.717, 1.165) is 61.6 Å². The normalized spacial score (nSPS) is 12.8. The Morgan fingerprint density at radius 3 is 1.21 bits per heavy atom. The molecule has 62 heavy (non-hydrogen) atoms. The zero-order chi connectivity index (χ0) is 41.0. The molecule has 0 amide bonds. The average Bonchev–Trinajstić information content (AvgIpc) is 3.65. The van der Waals surface area contributed by atoms with Crippen LogP contribution in [0, 0.1) is 0 Å². The second kappa shape index (κ2) is 14.5. The molecule has 1 spiro atoms. The highest BCUT2D eigenvalue weighted by atomic mass is 16.5. The molecule has 1 aliphatic carbocycles. The Hall–Kier alpha value is -8.21. The number of fused-ring (bicyclic) bond motifs is 9. The quantitative estimate of drug-likeness (QED) is 0.168. The van der Waals surface area contributed by atoms with Crippen LogP contribution < -0.4 is 4.74 Å². The van der Waals surface area contributed by atoms with Crippen LogP contribution in [0.1, 0.15) is 22.3 Å². The summed E-state index contributed by atoms with van der Waals surface area (Å²) in [6.45, 7) is 0. The maximum absolute atomic E-state index is 6.71. The molecule has 0 saturated heterocycles. The molecule has 0 radical (unpaired) electrons. The summed E-state index contributed by atoms with van der Waals surface area (Å²) >= 11 is 0. The Morgan fingerprint density at radius 1 is 0.274 bits per heavy atom. The van der Waals surface area contributed by atoms with Gasteiger partial charge in [-0.1, -0.05) is 206 Å². The minimum Gasteiger partial charge on any atom is -0.457 e. The number of nitrogens with zero attached hydrogens (tertiary/aromatic N) is 3. The molecule has 9 aromatic carbocycles. The van der Waals surface area contributed by atoms with Crippen LogP contribution in [-0.4, -0.2) is 15.0 Å². The fraction of sp³-hybridized carbons (Fsp3) is 0.0172. The van der Waals surface area contributed by atoms with E-state index in [1.165, 1.54) is 33.4 Å². The number of hydrogen-bond donors (Lipinski definition) is 0. The van der Waals surface area contributed by atoms with Gasteiger partial charge in [-0.05, 0) is 73.8 Å². The minimum absolute atomic E-state index is 0.627. The van der Waals surface area contributed by atoms with Crippen molar-refractivity contribution >= 4 is 0 Å². The van der Waals surface area contributed by atoms with Crippen molar-refractivity contribution in [3.63, 3.8) is 0 Å². The number of benzene rings is 9. The van der Waals surface area contributed by atoms with E-state index in [9.17, 15) is 0 Å². The summed E-state index contributed by atoms with van der Waals surface area (Å²) in [5.74, 6) is 3.59. The van der Waals surface area contributed by atoms with E-state index in [0.29, 0.717) is 17.5 Å². The van der Waals surface area contributed by atoms with Crippen LogP contribution in [0.5, 0.6) is 11.5 Å². The summed E-state index contributed by atoms with van der Waals surface area (Å²) in [4.78, 5) is 15.5. The van der Waals surface area contributed by atoms with Gasteiger partial charge < -0.3 is 4.74 Å². The van der Waals surface area contributed by atoms with E-state index in [2.05, 4.69) is 188 Å². The van der Waals surface area contributed by atoms with Crippen LogP contribution in [0.15, 0.2) is 224 Å². The first-order valence-corrected chi connectivity index (χ1v) is 21.0. The molecule has 0 atom stereocenters. The molecule has 12 rings (SSSR count). The van der Waals surface area contributed by atoms with E-state index in [1.807, 2.05) is 36.4 Å². The van der Waals surface area contributed by atoms with Crippen molar-refractivity contribution in [3.8, 4) is 90.2 Å². The summed E-state index contributed by atoms with van der Waals surface area (Å²) in [5.41, 5.74) is 16.1. The van der Waals surface area contributed by atoms with Gasteiger partial charge in [0, 0.05) is 27.8 Å². The number of rotatable bonds is 6. The van der Waals surface area contributed by atoms with E-state index >= 15 is 0 Å². The fourth-order valence-corrected chi connectivity index (χ4v) is 9.58. The smallest absolute Gasteiger partial charge is 0.164 e. The minimum atomic E-state index is -0.680. The standard InChI is InChI=1S/C58H37N3O/c1-4-15-38(16-5-1)39-27-29-40(30-28-39)41-31-33-42(34-32-41)45-35-36-46-51(37-45)58(48-22-10-12-25-52(48)62-53-26-13-11-23-49(53)58)50-24-14-21-47(54(46)50)57-60-55(43-17-6-2-7-18-43)59-56(61-57)44-19-8-3-9-20-44/h1-37H. The second-order valence-electron chi connectivity index (χ2n) is 15.9. The van der Waals surface area contributed by atoms with Crippen molar-refractivity contribution in [2.24, 2.45) is 0 Å². The van der Waals surface area contributed by atoms with Crippen LogP contribution in [0.25, 0.3) is 78.7 Å². The Morgan fingerprint density at radius 2 is 0.677 bits per heavy atom. The van der Waals surface area contributed by atoms with Crippen molar-refractivity contribution in [2.75, 3.05) is 0 Å². The molecule has 0 saturated carbocycles.